The van der Waals surface area contributed by atoms with Gasteiger partial charge in [0.05, 0.1) is 13.2 Å². The van der Waals surface area contributed by atoms with Gasteiger partial charge in [-0.3, -0.25) is 0 Å². The molecule has 2 rings (SSSR count). The fourth-order valence-electron chi connectivity index (χ4n) is 2.72. The largest absolute Gasteiger partial charge is 0.394 e. The molecule has 0 spiro atoms. The highest BCUT2D eigenvalue weighted by molar-refractivity contribution is 4.95. The lowest BCUT2D eigenvalue weighted by atomic mass is 9.96. The summed E-state index contributed by atoms with van der Waals surface area (Å²) in [5, 5.41) is 71.1. The van der Waals surface area contributed by atoms with E-state index in [2.05, 4.69) is 10.0 Å². The number of aliphatic hydroxyl groups is 7. The minimum absolute atomic E-state index is 0.681. The number of azide groups is 1. The van der Waals surface area contributed by atoms with Crippen molar-refractivity contribution in [3.05, 3.63) is 10.4 Å². The predicted octanol–water partition coefficient (Wildman–Crippen LogP) is -4.08. The molecule has 2 saturated heterocycles. The van der Waals surface area contributed by atoms with Crippen LogP contribution in [-0.2, 0) is 14.2 Å². The zero-order valence-corrected chi connectivity index (χ0v) is 12.9. The first-order valence-corrected chi connectivity index (χ1v) is 7.48. The molecule has 0 aromatic heterocycles. The molecule has 13 heteroatoms. The van der Waals surface area contributed by atoms with Gasteiger partial charge in [0.1, 0.15) is 48.8 Å². The van der Waals surface area contributed by atoms with Gasteiger partial charge in [-0.1, -0.05) is 5.11 Å². The Hall–Kier alpha value is -1.09. The van der Waals surface area contributed by atoms with Gasteiger partial charge in [-0.05, 0) is 5.53 Å². The second-order valence-corrected chi connectivity index (χ2v) is 5.73. The lowest BCUT2D eigenvalue weighted by molar-refractivity contribution is -0.341. The number of ether oxygens (including phenoxy) is 3. The van der Waals surface area contributed by atoms with E-state index in [-0.39, 0.29) is 0 Å². The van der Waals surface area contributed by atoms with Gasteiger partial charge >= 0.3 is 0 Å². The molecule has 144 valence electrons. The van der Waals surface area contributed by atoms with Crippen LogP contribution in [0.25, 0.3) is 10.4 Å². The lowest BCUT2D eigenvalue weighted by Crippen LogP contribution is -2.64. The molecular weight excluding hydrogens is 346 g/mol. The second-order valence-electron chi connectivity index (χ2n) is 5.73. The van der Waals surface area contributed by atoms with Gasteiger partial charge in [-0.2, -0.15) is 0 Å². The SMILES string of the molecule is [N-]=[N+]=NC1O[C@H](CO)[C@@H](O[C@H]2O[C@H](CO)[C@@H](O)[C@H](O)[C@H]2O)[C@H](O)[C@H]1O. The summed E-state index contributed by atoms with van der Waals surface area (Å²) in [4.78, 5) is 2.46. The Morgan fingerprint density at radius 2 is 1.48 bits per heavy atom. The first-order chi connectivity index (χ1) is 11.8. The number of hydrogen-bond acceptors (Lipinski definition) is 11. The molecule has 0 aromatic carbocycles. The van der Waals surface area contributed by atoms with Crippen LogP contribution in [0.1, 0.15) is 0 Å². The van der Waals surface area contributed by atoms with Crippen LogP contribution >= 0.6 is 0 Å². The van der Waals surface area contributed by atoms with E-state index in [0.717, 1.165) is 0 Å². The Kier molecular flexibility index (Phi) is 6.90. The summed E-state index contributed by atoms with van der Waals surface area (Å²) in [6, 6.07) is 0. The molecule has 0 aliphatic carbocycles. The summed E-state index contributed by atoms with van der Waals surface area (Å²) < 4.78 is 15.6. The standard InChI is InChI=1S/C12H21N3O10/c13-15-14-11-8(21)7(20)10(4(2-17)23-11)25-12-9(22)6(19)5(18)3(1-16)24-12/h3-12,16-22H,1-2H2/t3-,4-,5-,6+,7-,8-,9-,10-,11?,12-/m1/s1. The third kappa shape index (κ3) is 4.02. The van der Waals surface area contributed by atoms with Gasteiger partial charge in [0.2, 0.25) is 0 Å². The highest BCUT2D eigenvalue weighted by Crippen LogP contribution is 2.29. The molecular formula is C12H21N3O10. The Morgan fingerprint density at radius 1 is 0.840 bits per heavy atom. The van der Waals surface area contributed by atoms with Crippen molar-refractivity contribution < 1.29 is 50.0 Å². The van der Waals surface area contributed by atoms with E-state index in [1.54, 1.807) is 0 Å². The van der Waals surface area contributed by atoms with Crippen molar-refractivity contribution in [3.63, 3.8) is 0 Å². The van der Waals surface area contributed by atoms with Gasteiger partial charge in [0.15, 0.2) is 12.5 Å². The van der Waals surface area contributed by atoms with Crippen molar-refractivity contribution in [1.82, 2.24) is 0 Å². The normalized spacial score (nSPS) is 48.0. The molecule has 1 unspecified atom stereocenters. The van der Waals surface area contributed by atoms with E-state index in [9.17, 15) is 30.6 Å². The Labute approximate surface area is 141 Å². The van der Waals surface area contributed by atoms with Crippen molar-refractivity contribution in [3.8, 4) is 0 Å². The van der Waals surface area contributed by atoms with Crippen LogP contribution in [0.4, 0.5) is 0 Å². The maximum Gasteiger partial charge on any atom is 0.187 e. The Morgan fingerprint density at radius 3 is 2.04 bits per heavy atom. The summed E-state index contributed by atoms with van der Waals surface area (Å²) in [7, 11) is 0. The number of nitrogens with zero attached hydrogens (tertiary/aromatic N) is 3. The summed E-state index contributed by atoms with van der Waals surface area (Å²) in [6.45, 7) is -1.37. The summed E-state index contributed by atoms with van der Waals surface area (Å²) in [5.74, 6) is 0. The smallest absolute Gasteiger partial charge is 0.187 e. The Balaban J connectivity index is 2.15. The van der Waals surface area contributed by atoms with Crippen LogP contribution in [0.5, 0.6) is 0 Å². The topological polar surface area (TPSA) is 218 Å². The molecule has 0 amide bonds. The average Bonchev–Trinajstić information content (AvgIpc) is 2.61. The third-order valence-corrected chi connectivity index (χ3v) is 4.14. The van der Waals surface area contributed by atoms with Gasteiger partial charge in [-0.25, -0.2) is 0 Å². The van der Waals surface area contributed by atoms with E-state index < -0.39 is 74.6 Å². The minimum atomic E-state index is -1.74. The first-order valence-electron chi connectivity index (χ1n) is 7.48. The molecule has 0 bridgehead atoms. The molecule has 10 atom stereocenters. The molecule has 2 aliphatic heterocycles. The molecule has 7 N–H and O–H groups in total. The maximum absolute atomic E-state index is 10.1. The van der Waals surface area contributed by atoms with Crippen LogP contribution in [-0.4, -0.2) is 110 Å². The van der Waals surface area contributed by atoms with Gasteiger partial charge in [-0.15, -0.1) is 0 Å². The van der Waals surface area contributed by atoms with Crippen molar-refractivity contribution in [2.24, 2.45) is 5.11 Å². The molecule has 0 aromatic rings. The fourth-order valence-corrected chi connectivity index (χ4v) is 2.72. The molecule has 0 saturated carbocycles. The molecule has 13 nitrogen and oxygen atoms in total. The first kappa shape index (κ1) is 20.2. The third-order valence-electron chi connectivity index (χ3n) is 4.14. The predicted molar refractivity (Wildman–Crippen MR) is 75.5 cm³/mol. The summed E-state index contributed by atoms with van der Waals surface area (Å²) in [5.41, 5.74) is 8.42. The van der Waals surface area contributed by atoms with Gasteiger partial charge < -0.3 is 50.0 Å². The van der Waals surface area contributed by atoms with Crippen molar-refractivity contribution in [1.29, 1.82) is 0 Å². The van der Waals surface area contributed by atoms with Crippen LogP contribution in [0.15, 0.2) is 5.11 Å². The quantitative estimate of drug-likeness (QED) is 0.141. The molecule has 25 heavy (non-hydrogen) atoms. The van der Waals surface area contributed by atoms with E-state index in [1.165, 1.54) is 0 Å². The molecule has 0 radical (unpaired) electrons. The van der Waals surface area contributed by atoms with Gasteiger partial charge in [0, 0.05) is 4.91 Å². The lowest BCUT2D eigenvalue weighted by Gasteiger charge is -2.45. The van der Waals surface area contributed by atoms with Crippen molar-refractivity contribution in [2.45, 2.75) is 61.3 Å². The van der Waals surface area contributed by atoms with Crippen LogP contribution in [0.3, 0.4) is 0 Å². The van der Waals surface area contributed by atoms with Crippen molar-refractivity contribution >= 4 is 0 Å². The van der Waals surface area contributed by atoms with Crippen LogP contribution in [0, 0.1) is 0 Å². The van der Waals surface area contributed by atoms with Crippen molar-refractivity contribution in [2.75, 3.05) is 13.2 Å². The molecule has 2 fully saturated rings. The maximum atomic E-state index is 10.1. The fraction of sp³-hybridized carbons (Fsp3) is 1.00. The highest BCUT2D eigenvalue weighted by Gasteiger charge is 2.50. The number of rotatable bonds is 5. The average molecular weight is 367 g/mol. The minimum Gasteiger partial charge on any atom is -0.394 e. The highest BCUT2D eigenvalue weighted by atomic mass is 16.7. The van der Waals surface area contributed by atoms with E-state index >= 15 is 0 Å². The van der Waals surface area contributed by atoms with Gasteiger partial charge in [0.25, 0.3) is 0 Å². The summed E-state index contributed by atoms with van der Waals surface area (Å²) in [6.07, 6.45) is -15.4. The monoisotopic (exact) mass is 367 g/mol. The zero-order valence-electron chi connectivity index (χ0n) is 12.9. The zero-order chi connectivity index (χ0) is 18.7. The molecule has 2 heterocycles. The summed E-state index contributed by atoms with van der Waals surface area (Å²) >= 11 is 0. The second kappa shape index (κ2) is 8.53. The Bertz CT molecular complexity index is 488. The molecule has 2 aliphatic rings. The van der Waals surface area contributed by atoms with E-state index in [1.807, 2.05) is 0 Å². The number of hydrogen-bond donors (Lipinski definition) is 7. The van der Waals surface area contributed by atoms with Crippen LogP contribution in [0.2, 0.25) is 0 Å². The number of aliphatic hydroxyl groups excluding tert-OH is 7. The van der Waals surface area contributed by atoms with E-state index in [0.29, 0.717) is 0 Å². The van der Waals surface area contributed by atoms with E-state index in [4.69, 9.17) is 24.8 Å². The van der Waals surface area contributed by atoms with Crippen LogP contribution < -0.4 is 0 Å².